The molecule has 0 aliphatic heterocycles. The van der Waals surface area contributed by atoms with Gasteiger partial charge in [0, 0.05) is 39.6 Å². The van der Waals surface area contributed by atoms with Crippen LogP contribution < -0.4 is 0 Å². The van der Waals surface area contributed by atoms with Crippen LogP contribution in [0.2, 0.25) is 0 Å². The van der Waals surface area contributed by atoms with Crippen LogP contribution in [0.25, 0.3) is 11.0 Å². The molecule has 0 atom stereocenters. The van der Waals surface area contributed by atoms with Crippen molar-refractivity contribution >= 4 is 39.5 Å². The Kier molecular flexibility index (Phi) is 5.93. The van der Waals surface area contributed by atoms with E-state index in [1.807, 2.05) is 19.9 Å². The van der Waals surface area contributed by atoms with Gasteiger partial charge in [0.15, 0.2) is 0 Å². The van der Waals surface area contributed by atoms with Gasteiger partial charge in [-0.2, -0.15) is 0 Å². The fourth-order valence-corrected chi connectivity index (χ4v) is 5.40. The summed E-state index contributed by atoms with van der Waals surface area (Å²) >= 11 is 1.46. The lowest BCUT2D eigenvalue weighted by Crippen LogP contribution is -2.12. The van der Waals surface area contributed by atoms with Gasteiger partial charge in [-0.3, -0.25) is 0 Å². The lowest BCUT2D eigenvalue weighted by atomic mass is 9.83. The van der Waals surface area contributed by atoms with E-state index in [0.717, 1.165) is 58.4 Å². The van der Waals surface area contributed by atoms with Gasteiger partial charge >= 0.3 is 5.97 Å². The zero-order valence-corrected chi connectivity index (χ0v) is 20.5. The summed E-state index contributed by atoms with van der Waals surface area (Å²) in [7, 11) is 0. The number of ether oxygens (including phenoxy) is 1. The molecule has 1 aliphatic rings. The number of thiophene rings is 1. The summed E-state index contributed by atoms with van der Waals surface area (Å²) in [6.45, 7) is 12.2. The number of phenolic OH excluding ortho intramolecular Hbond substituents is 1. The van der Waals surface area contributed by atoms with Crippen molar-refractivity contribution < 1.29 is 19.1 Å². The summed E-state index contributed by atoms with van der Waals surface area (Å²) < 4.78 is 11.5. The van der Waals surface area contributed by atoms with Crippen molar-refractivity contribution in [2.75, 3.05) is 6.61 Å². The summed E-state index contributed by atoms with van der Waals surface area (Å²) in [5.74, 6) is 0.881. The highest BCUT2D eigenvalue weighted by Gasteiger charge is 2.28. The SMILES string of the molecule is CCOC(=O)c1c(/N=C\c2c(O)c(C(C)(C)C)cc3oc4c(c23)CCCC4)sc(C)c1C. The molecule has 3 aromatic rings. The molecule has 5 nitrogen and oxygen atoms in total. The van der Waals surface area contributed by atoms with Gasteiger partial charge in [0.05, 0.1) is 12.2 Å². The molecule has 0 radical (unpaired) electrons. The monoisotopic (exact) mass is 453 g/mol. The van der Waals surface area contributed by atoms with Gasteiger partial charge in [0.25, 0.3) is 0 Å². The molecule has 0 amide bonds. The number of esters is 1. The minimum absolute atomic E-state index is 0.227. The second kappa shape index (κ2) is 8.39. The minimum atomic E-state index is -0.361. The van der Waals surface area contributed by atoms with Gasteiger partial charge in [-0.05, 0) is 57.1 Å². The van der Waals surface area contributed by atoms with Gasteiger partial charge < -0.3 is 14.3 Å². The van der Waals surface area contributed by atoms with Crippen LogP contribution in [-0.2, 0) is 23.0 Å². The predicted octanol–water partition coefficient (Wildman–Crippen LogP) is 6.92. The molecule has 32 heavy (non-hydrogen) atoms. The quantitative estimate of drug-likeness (QED) is 0.344. The summed E-state index contributed by atoms with van der Waals surface area (Å²) in [5.41, 5.74) is 4.58. The number of phenols is 1. The zero-order valence-electron chi connectivity index (χ0n) is 19.7. The number of benzene rings is 1. The van der Waals surface area contributed by atoms with Gasteiger partial charge in [0.1, 0.15) is 22.1 Å². The second-order valence-corrected chi connectivity index (χ2v) is 10.7. The normalized spacial score (nSPS) is 14.3. The first-order chi connectivity index (χ1) is 15.1. The molecule has 0 saturated carbocycles. The van der Waals surface area contributed by atoms with Crippen molar-refractivity contribution in [2.24, 2.45) is 4.99 Å². The fraction of sp³-hybridized carbons (Fsp3) is 0.462. The molecular weight excluding hydrogens is 422 g/mol. The van der Waals surface area contributed by atoms with Crippen LogP contribution in [0.5, 0.6) is 5.75 Å². The number of fused-ring (bicyclic) bond motifs is 3. The molecule has 0 spiro atoms. The van der Waals surface area contributed by atoms with E-state index in [4.69, 9.17) is 14.1 Å². The summed E-state index contributed by atoms with van der Waals surface area (Å²) in [6, 6.07) is 1.98. The summed E-state index contributed by atoms with van der Waals surface area (Å²) in [5, 5.41) is 12.9. The van der Waals surface area contributed by atoms with E-state index in [-0.39, 0.29) is 17.1 Å². The molecule has 6 heteroatoms. The average Bonchev–Trinajstić information content (AvgIpc) is 3.23. The molecule has 0 bridgehead atoms. The Morgan fingerprint density at radius 3 is 2.69 bits per heavy atom. The fourth-order valence-electron chi connectivity index (χ4n) is 4.41. The van der Waals surface area contributed by atoms with Crippen LogP contribution >= 0.6 is 11.3 Å². The number of rotatable bonds is 4. The molecule has 1 N–H and O–H groups in total. The molecule has 0 saturated heterocycles. The van der Waals surface area contributed by atoms with E-state index < -0.39 is 0 Å². The summed E-state index contributed by atoms with van der Waals surface area (Å²) in [6.07, 6.45) is 5.78. The minimum Gasteiger partial charge on any atom is -0.507 e. The van der Waals surface area contributed by atoms with Crippen molar-refractivity contribution in [1.82, 2.24) is 0 Å². The lowest BCUT2D eigenvalue weighted by molar-refractivity contribution is 0.0527. The lowest BCUT2D eigenvalue weighted by Gasteiger charge is -2.21. The van der Waals surface area contributed by atoms with E-state index >= 15 is 0 Å². The number of aryl methyl sites for hydroxylation is 3. The van der Waals surface area contributed by atoms with Crippen LogP contribution in [0.3, 0.4) is 0 Å². The highest BCUT2D eigenvalue weighted by atomic mass is 32.1. The van der Waals surface area contributed by atoms with Gasteiger partial charge in [-0.25, -0.2) is 9.79 Å². The van der Waals surface area contributed by atoms with Crippen LogP contribution in [-0.4, -0.2) is 23.9 Å². The number of nitrogens with zero attached hydrogens (tertiary/aromatic N) is 1. The van der Waals surface area contributed by atoms with E-state index in [2.05, 4.69) is 20.8 Å². The predicted molar refractivity (Wildman–Crippen MR) is 130 cm³/mol. The van der Waals surface area contributed by atoms with E-state index in [1.165, 1.54) is 16.9 Å². The first kappa shape index (κ1) is 22.6. The second-order valence-electron chi connectivity index (χ2n) is 9.46. The maximum Gasteiger partial charge on any atom is 0.341 e. The van der Waals surface area contributed by atoms with Gasteiger partial charge in [-0.15, -0.1) is 11.3 Å². The molecule has 1 aromatic carbocycles. The third-order valence-corrected chi connectivity index (χ3v) is 7.33. The maximum absolute atomic E-state index is 12.6. The topological polar surface area (TPSA) is 72.0 Å². The third-order valence-electron chi connectivity index (χ3n) is 6.22. The first-order valence-electron chi connectivity index (χ1n) is 11.2. The molecule has 1 aliphatic carbocycles. The number of aromatic hydroxyl groups is 1. The summed E-state index contributed by atoms with van der Waals surface area (Å²) in [4.78, 5) is 18.3. The Hall–Kier alpha value is -2.60. The Morgan fingerprint density at radius 1 is 1.28 bits per heavy atom. The van der Waals surface area contributed by atoms with Gasteiger partial charge in [-0.1, -0.05) is 20.8 Å². The number of hydrogen-bond donors (Lipinski definition) is 1. The maximum atomic E-state index is 12.6. The van der Waals surface area contributed by atoms with Gasteiger partial charge in [0.2, 0.25) is 0 Å². The zero-order chi connectivity index (χ0) is 23.2. The first-order valence-corrected chi connectivity index (χ1v) is 12.1. The molecular formula is C26H31NO4S. The number of carbonyl (C=O) groups is 1. The molecule has 0 fully saturated rings. The van der Waals surface area contributed by atoms with Crippen LogP contribution in [0.1, 0.15) is 83.8 Å². The van der Waals surface area contributed by atoms with Crippen LogP contribution in [0, 0.1) is 13.8 Å². The Balaban J connectivity index is 1.92. The van der Waals surface area contributed by atoms with Crippen molar-refractivity contribution in [3.63, 3.8) is 0 Å². The Labute approximate surface area is 193 Å². The van der Waals surface area contributed by atoms with Crippen LogP contribution in [0.15, 0.2) is 15.5 Å². The van der Waals surface area contributed by atoms with Crippen molar-refractivity contribution in [1.29, 1.82) is 0 Å². The van der Waals surface area contributed by atoms with E-state index in [0.29, 0.717) is 22.7 Å². The van der Waals surface area contributed by atoms with E-state index in [9.17, 15) is 9.90 Å². The smallest absolute Gasteiger partial charge is 0.341 e. The highest BCUT2D eigenvalue weighted by molar-refractivity contribution is 7.16. The van der Waals surface area contributed by atoms with Crippen LogP contribution in [0.4, 0.5) is 5.00 Å². The molecule has 0 unspecified atom stereocenters. The van der Waals surface area contributed by atoms with Crippen molar-refractivity contribution in [3.05, 3.63) is 44.5 Å². The number of furan rings is 1. The number of carbonyl (C=O) groups excluding carboxylic acids is 1. The Morgan fingerprint density at radius 2 is 2.00 bits per heavy atom. The molecule has 170 valence electrons. The largest absolute Gasteiger partial charge is 0.507 e. The molecule has 2 aromatic heterocycles. The average molecular weight is 454 g/mol. The van der Waals surface area contributed by atoms with Crippen molar-refractivity contribution in [3.8, 4) is 5.75 Å². The Bertz CT molecular complexity index is 1220. The number of hydrogen-bond acceptors (Lipinski definition) is 6. The standard InChI is InChI=1S/C26H31NO4S/c1-7-30-25(29)21-14(2)15(3)32-24(21)27-13-17-22-16-10-8-9-11-19(16)31-20(22)12-18(23(17)28)26(4,5)6/h12-13,28H,7-11H2,1-6H3/b27-13-. The van der Waals surface area contributed by atoms with Crippen molar-refractivity contribution in [2.45, 2.75) is 72.6 Å². The third kappa shape index (κ3) is 3.85. The van der Waals surface area contributed by atoms with E-state index in [1.54, 1.807) is 13.1 Å². The molecule has 4 rings (SSSR count). The number of aliphatic imine (C=N–C) groups is 1. The molecule has 2 heterocycles. The highest BCUT2D eigenvalue weighted by Crippen LogP contribution is 2.43.